The summed E-state index contributed by atoms with van der Waals surface area (Å²) >= 11 is 0. The molecule has 0 aliphatic heterocycles. The van der Waals surface area contributed by atoms with E-state index in [1.54, 1.807) is 0 Å². The van der Waals surface area contributed by atoms with Crippen molar-refractivity contribution in [2.75, 3.05) is 0 Å². The minimum Gasteiger partial charge on any atom is -0.438 e. The molecule has 0 atom stereocenters. The monoisotopic (exact) mass is 333 g/mol. The first-order valence-corrected chi connectivity index (χ1v) is 8.58. The van der Waals surface area contributed by atoms with E-state index in [4.69, 9.17) is 12.1 Å². The zero-order valence-corrected chi connectivity index (χ0v) is 15.0. The molecule has 0 saturated heterocycles. The van der Waals surface area contributed by atoms with Crippen molar-refractivity contribution in [3.63, 3.8) is 0 Å². The van der Waals surface area contributed by atoms with Crippen molar-refractivity contribution in [3.8, 4) is 11.4 Å². The summed E-state index contributed by atoms with van der Waals surface area (Å²) in [5, 5.41) is 2.08. The molecule has 0 spiro atoms. The Morgan fingerprint density at radius 3 is 2.72 bits per heavy atom. The number of para-hydroxylation sites is 1. The van der Waals surface area contributed by atoms with Gasteiger partial charge in [0.25, 0.3) is 0 Å². The number of furan rings is 1. The summed E-state index contributed by atoms with van der Waals surface area (Å²) in [6.45, 7) is 5.84. The number of hydrogen-bond acceptors (Lipinski definition) is 2. The normalized spacial score (nSPS) is 13.5. The van der Waals surface area contributed by atoms with Gasteiger partial charge in [-0.15, -0.1) is 0 Å². The summed E-state index contributed by atoms with van der Waals surface area (Å²) in [6, 6.07) is 13.9. The first-order chi connectivity index (χ1) is 12.8. The second-order valence-electron chi connectivity index (χ2n) is 6.82. The van der Waals surface area contributed by atoms with Crippen LogP contribution in [0.4, 0.5) is 0 Å². The Balaban J connectivity index is 1.87. The molecule has 0 saturated carbocycles. The summed E-state index contributed by atoms with van der Waals surface area (Å²) < 4.78 is 24.5. The second-order valence-corrected chi connectivity index (χ2v) is 6.82. The average Bonchev–Trinajstić information content (AvgIpc) is 2.98. The van der Waals surface area contributed by atoms with Crippen molar-refractivity contribution in [2.45, 2.75) is 27.1 Å². The van der Waals surface area contributed by atoms with Gasteiger partial charge in [0.15, 0.2) is 6.20 Å². The minimum atomic E-state index is -1.37. The van der Waals surface area contributed by atoms with Gasteiger partial charge in [0, 0.05) is 25.1 Å². The Kier molecular flexibility index (Phi) is 3.26. The molecule has 1 aromatic carbocycles. The van der Waals surface area contributed by atoms with Gasteiger partial charge in [-0.25, -0.2) is 4.98 Å². The SMILES string of the molecule is [2H]C([2H])(c1ccc(-c2nc3oc4ccccc4c3cc2C)[n+](C)c1)C(C)C. The Morgan fingerprint density at radius 2 is 1.96 bits per heavy atom. The lowest BCUT2D eigenvalue weighted by atomic mass is 10.0. The van der Waals surface area contributed by atoms with Crippen molar-refractivity contribution in [3.05, 3.63) is 59.8 Å². The van der Waals surface area contributed by atoms with Crippen molar-refractivity contribution < 1.29 is 11.7 Å². The smallest absolute Gasteiger partial charge is 0.231 e. The average molecular weight is 333 g/mol. The summed E-state index contributed by atoms with van der Waals surface area (Å²) in [7, 11) is 1.93. The van der Waals surface area contributed by atoms with Crippen LogP contribution < -0.4 is 4.57 Å². The van der Waals surface area contributed by atoms with E-state index in [1.165, 1.54) is 0 Å². The van der Waals surface area contributed by atoms with E-state index in [2.05, 4.69) is 6.07 Å². The van der Waals surface area contributed by atoms with Crippen LogP contribution >= 0.6 is 0 Å². The van der Waals surface area contributed by atoms with Crippen LogP contribution in [-0.4, -0.2) is 4.98 Å². The molecule has 25 heavy (non-hydrogen) atoms. The van der Waals surface area contributed by atoms with E-state index in [0.29, 0.717) is 11.3 Å². The van der Waals surface area contributed by atoms with Gasteiger partial charge in [0.05, 0.1) is 0 Å². The van der Waals surface area contributed by atoms with Gasteiger partial charge in [-0.05, 0) is 43.0 Å². The zero-order valence-electron chi connectivity index (χ0n) is 17.0. The van der Waals surface area contributed by atoms with Crippen LogP contribution in [0.5, 0.6) is 0 Å². The standard InChI is InChI=1S/C22H23N2O/c1-14(2)11-16-9-10-19(24(4)13-16)21-15(3)12-18-17-7-5-6-8-20(17)25-22(18)23-21/h5-10,12-14H,11H2,1-4H3/q+1/i11D2. The highest BCUT2D eigenvalue weighted by molar-refractivity contribution is 6.04. The van der Waals surface area contributed by atoms with Gasteiger partial charge >= 0.3 is 0 Å². The Hall–Kier alpha value is -2.68. The maximum absolute atomic E-state index is 8.33. The quantitative estimate of drug-likeness (QED) is 0.495. The molecular weight excluding hydrogens is 308 g/mol. The summed E-state index contributed by atoms with van der Waals surface area (Å²) in [4.78, 5) is 4.79. The Labute approximate surface area is 150 Å². The molecule has 3 heteroatoms. The van der Waals surface area contributed by atoms with Crippen LogP contribution in [0.2, 0.25) is 0 Å². The fourth-order valence-corrected chi connectivity index (χ4v) is 3.28. The van der Waals surface area contributed by atoms with Crippen LogP contribution in [0.25, 0.3) is 33.5 Å². The third-order valence-corrected chi connectivity index (χ3v) is 4.39. The van der Waals surface area contributed by atoms with Crippen molar-refractivity contribution in [1.29, 1.82) is 0 Å². The predicted octanol–water partition coefficient (Wildman–Crippen LogP) is 4.98. The largest absolute Gasteiger partial charge is 0.438 e. The molecule has 0 bridgehead atoms. The molecule has 0 unspecified atom stereocenters. The first kappa shape index (κ1) is 13.6. The van der Waals surface area contributed by atoms with Crippen LogP contribution in [0.1, 0.15) is 27.7 Å². The van der Waals surface area contributed by atoms with Crippen LogP contribution in [0, 0.1) is 12.8 Å². The Morgan fingerprint density at radius 1 is 1.16 bits per heavy atom. The van der Waals surface area contributed by atoms with Gasteiger partial charge in [0.1, 0.15) is 18.3 Å². The second kappa shape index (κ2) is 5.99. The number of pyridine rings is 2. The molecule has 126 valence electrons. The van der Waals surface area contributed by atoms with Crippen molar-refractivity contribution in [1.82, 2.24) is 4.98 Å². The van der Waals surface area contributed by atoms with Gasteiger partial charge in [-0.3, -0.25) is 0 Å². The summed E-state index contributed by atoms with van der Waals surface area (Å²) in [5.74, 6) is -0.102. The van der Waals surface area contributed by atoms with E-state index in [9.17, 15) is 0 Å². The summed E-state index contributed by atoms with van der Waals surface area (Å²) in [6.07, 6.45) is 0.487. The topological polar surface area (TPSA) is 29.9 Å². The molecular formula is C22H23N2O+. The lowest BCUT2D eigenvalue weighted by molar-refractivity contribution is -0.661. The zero-order chi connectivity index (χ0) is 19.3. The fourth-order valence-electron chi connectivity index (χ4n) is 3.28. The summed E-state index contributed by atoms with van der Waals surface area (Å²) in [5.41, 5.74) is 4.97. The van der Waals surface area contributed by atoms with E-state index in [1.807, 2.05) is 75.0 Å². The number of rotatable bonds is 3. The molecule has 4 aromatic rings. The molecule has 0 radical (unpaired) electrons. The van der Waals surface area contributed by atoms with E-state index < -0.39 is 6.37 Å². The maximum atomic E-state index is 8.33. The highest BCUT2D eigenvalue weighted by Gasteiger charge is 2.18. The van der Waals surface area contributed by atoms with Crippen LogP contribution in [-0.2, 0) is 13.4 Å². The van der Waals surface area contributed by atoms with E-state index >= 15 is 0 Å². The minimum absolute atomic E-state index is 0.102. The molecule has 3 heterocycles. The number of hydrogen-bond donors (Lipinski definition) is 0. The number of aryl methyl sites for hydroxylation is 2. The third kappa shape index (κ3) is 2.80. The van der Waals surface area contributed by atoms with Gasteiger partial charge in [-0.2, -0.15) is 4.57 Å². The highest BCUT2D eigenvalue weighted by Crippen LogP contribution is 2.31. The molecule has 0 N–H and O–H groups in total. The predicted molar refractivity (Wildman–Crippen MR) is 101 cm³/mol. The molecule has 0 fully saturated rings. The van der Waals surface area contributed by atoms with Crippen LogP contribution in [0.15, 0.2) is 53.1 Å². The lowest BCUT2D eigenvalue weighted by Gasteiger charge is -2.07. The van der Waals surface area contributed by atoms with Gasteiger partial charge < -0.3 is 4.42 Å². The molecule has 0 aliphatic carbocycles. The van der Waals surface area contributed by atoms with E-state index in [-0.39, 0.29) is 5.92 Å². The molecule has 4 rings (SSSR count). The highest BCUT2D eigenvalue weighted by atomic mass is 16.3. The number of nitrogens with zero attached hydrogens (tertiary/aromatic N) is 2. The fraction of sp³-hybridized carbons (Fsp3) is 0.273. The number of benzene rings is 1. The van der Waals surface area contributed by atoms with Gasteiger partial charge in [-0.1, -0.05) is 32.0 Å². The molecule has 0 amide bonds. The maximum Gasteiger partial charge on any atom is 0.231 e. The van der Waals surface area contributed by atoms with Gasteiger partial charge in [0.2, 0.25) is 11.4 Å². The molecule has 3 aromatic heterocycles. The Bertz CT molecular complexity index is 1160. The first-order valence-electron chi connectivity index (χ1n) is 9.58. The van der Waals surface area contributed by atoms with Crippen LogP contribution in [0.3, 0.4) is 0 Å². The van der Waals surface area contributed by atoms with Crippen molar-refractivity contribution in [2.24, 2.45) is 13.0 Å². The van der Waals surface area contributed by atoms with E-state index in [0.717, 1.165) is 33.3 Å². The number of aromatic nitrogens is 2. The molecule has 3 nitrogen and oxygen atoms in total. The number of fused-ring (bicyclic) bond motifs is 3. The molecule has 0 aliphatic rings. The lowest BCUT2D eigenvalue weighted by Crippen LogP contribution is -2.32. The van der Waals surface area contributed by atoms with Crippen molar-refractivity contribution >= 4 is 22.1 Å². The third-order valence-electron chi connectivity index (χ3n) is 4.39.